The van der Waals surface area contributed by atoms with E-state index in [1.54, 1.807) is 18.2 Å². The molecule has 2 aromatic carbocycles. The quantitative estimate of drug-likeness (QED) is 0.638. The molecule has 0 amide bonds. The summed E-state index contributed by atoms with van der Waals surface area (Å²) >= 11 is 3.35. The van der Waals surface area contributed by atoms with Crippen LogP contribution in [0.25, 0.3) is 0 Å². The zero-order valence-electron chi connectivity index (χ0n) is 11.6. The van der Waals surface area contributed by atoms with Gasteiger partial charge in [-0.05, 0) is 23.8 Å². The van der Waals surface area contributed by atoms with Crippen molar-refractivity contribution in [3.05, 3.63) is 64.1 Å². The summed E-state index contributed by atoms with van der Waals surface area (Å²) in [7, 11) is 0. The molecule has 0 saturated carbocycles. The first-order valence-electron chi connectivity index (χ1n) is 6.76. The van der Waals surface area contributed by atoms with E-state index in [1.807, 2.05) is 30.3 Å². The van der Waals surface area contributed by atoms with Crippen LogP contribution in [0.4, 0.5) is 0 Å². The number of halogens is 1. The van der Waals surface area contributed by atoms with Gasteiger partial charge in [0, 0.05) is 16.5 Å². The van der Waals surface area contributed by atoms with Crippen molar-refractivity contribution in [1.82, 2.24) is 0 Å². The van der Waals surface area contributed by atoms with Crippen LogP contribution in [0.3, 0.4) is 0 Å². The van der Waals surface area contributed by atoms with Gasteiger partial charge < -0.3 is 5.11 Å². The maximum Gasteiger partial charge on any atom is 0.175 e. The molecule has 0 aromatic heterocycles. The molecule has 5 nitrogen and oxygen atoms in total. The average Bonchev–Trinajstić information content (AvgIpc) is 3.00. The molecule has 110 valence electrons. The molecule has 1 N–H and O–H groups in total. The maximum absolute atomic E-state index is 9.72. The van der Waals surface area contributed by atoms with E-state index in [0.29, 0.717) is 17.8 Å². The molecule has 0 aliphatic carbocycles. The van der Waals surface area contributed by atoms with Crippen LogP contribution in [0.5, 0.6) is 5.75 Å². The monoisotopic (exact) mass is 356 g/mol. The molecule has 1 atom stereocenters. The van der Waals surface area contributed by atoms with E-state index in [-0.39, 0.29) is 11.8 Å². The van der Waals surface area contributed by atoms with Gasteiger partial charge in [0.15, 0.2) is 5.84 Å². The number of phenols is 1. The van der Waals surface area contributed by atoms with Crippen LogP contribution in [0.1, 0.15) is 23.6 Å². The fourth-order valence-corrected chi connectivity index (χ4v) is 2.48. The van der Waals surface area contributed by atoms with Crippen molar-refractivity contribution < 1.29 is 5.11 Å². The lowest BCUT2D eigenvalue weighted by Crippen LogP contribution is -1.95. The Morgan fingerprint density at radius 2 is 2.00 bits per heavy atom. The molecule has 0 fully saturated rings. The first-order valence-corrected chi connectivity index (χ1v) is 7.56. The first-order chi connectivity index (χ1) is 10.7. The Bertz CT molecular complexity index is 756. The van der Waals surface area contributed by atoms with E-state index >= 15 is 0 Å². The number of amidine groups is 1. The molecule has 1 aliphatic rings. The van der Waals surface area contributed by atoms with Gasteiger partial charge in [-0.2, -0.15) is 10.2 Å². The molecule has 1 unspecified atom stereocenters. The van der Waals surface area contributed by atoms with Gasteiger partial charge in [-0.1, -0.05) is 46.3 Å². The van der Waals surface area contributed by atoms with E-state index in [1.165, 1.54) is 6.21 Å². The van der Waals surface area contributed by atoms with Crippen LogP contribution in [0.2, 0.25) is 0 Å². The number of rotatable bonds is 3. The second-order valence-corrected chi connectivity index (χ2v) is 5.73. The molecule has 0 saturated heterocycles. The fourth-order valence-electron chi connectivity index (χ4n) is 2.10. The molecule has 0 bridgehead atoms. The highest BCUT2D eigenvalue weighted by Crippen LogP contribution is 2.27. The third kappa shape index (κ3) is 3.46. The zero-order valence-corrected chi connectivity index (χ0v) is 13.2. The zero-order chi connectivity index (χ0) is 15.4. The summed E-state index contributed by atoms with van der Waals surface area (Å²) < 4.78 is 0.865. The van der Waals surface area contributed by atoms with Crippen LogP contribution < -0.4 is 0 Å². The Labute approximate surface area is 136 Å². The van der Waals surface area contributed by atoms with Crippen molar-refractivity contribution in [2.45, 2.75) is 12.5 Å². The SMILES string of the molecule is Oc1ccc(Br)cc1/C=N/N=C1CC(c2ccccc2)N=N1. The van der Waals surface area contributed by atoms with Gasteiger partial charge in [0.25, 0.3) is 0 Å². The first kappa shape index (κ1) is 14.6. The maximum atomic E-state index is 9.72. The van der Waals surface area contributed by atoms with Crippen LogP contribution >= 0.6 is 15.9 Å². The lowest BCUT2D eigenvalue weighted by Gasteiger charge is -2.03. The number of hydrogen-bond donors (Lipinski definition) is 1. The molecule has 1 aliphatic heterocycles. The highest BCUT2D eigenvalue weighted by molar-refractivity contribution is 9.10. The van der Waals surface area contributed by atoms with Crippen molar-refractivity contribution in [3.63, 3.8) is 0 Å². The molecule has 3 rings (SSSR count). The Balaban J connectivity index is 1.69. The minimum atomic E-state index is 0.00872. The second-order valence-electron chi connectivity index (χ2n) is 4.81. The third-order valence-electron chi connectivity index (χ3n) is 3.23. The molecule has 2 aromatic rings. The summed E-state index contributed by atoms with van der Waals surface area (Å²) in [5, 5.41) is 26.0. The summed E-state index contributed by atoms with van der Waals surface area (Å²) in [4.78, 5) is 0. The molecule has 0 spiro atoms. The van der Waals surface area contributed by atoms with E-state index in [2.05, 4.69) is 36.4 Å². The van der Waals surface area contributed by atoms with Gasteiger partial charge in [-0.15, -0.1) is 10.2 Å². The van der Waals surface area contributed by atoms with Crippen molar-refractivity contribution in [3.8, 4) is 5.75 Å². The van der Waals surface area contributed by atoms with E-state index in [9.17, 15) is 5.11 Å². The minimum Gasteiger partial charge on any atom is -0.507 e. The van der Waals surface area contributed by atoms with Gasteiger partial charge >= 0.3 is 0 Å². The number of phenolic OH excluding ortho intramolecular Hbond substituents is 1. The predicted octanol–water partition coefficient (Wildman–Crippen LogP) is 4.48. The second kappa shape index (κ2) is 6.62. The Hall–Kier alpha value is -2.34. The summed E-state index contributed by atoms with van der Waals surface area (Å²) in [5.74, 6) is 0.738. The largest absolute Gasteiger partial charge is 0.507 e. The Kier molecular flexibility index (Phi) is 4.39. The molecule has 6 heteroatoms. The molecule has 0 radical (unpaired) electrons. The van der Waals surface area contributed by atoms with Gasteiger partial charge in [-0.3, -0.25) is 0 Å². The number of nitrogens with zero attached hydrogens (tertiary/aromatic N) is 4. The number of benzene rings is 2. The number of azo groups is 1. The van der Waals surface area contributed by atoms with E-state index in [0.717, 1.165) is 10.0 Å². The minimum absolute atomic E-state index is 0.00872. The highest BCUT2D eigenvalue weighted by Gasteiger charge is 2.19. The molecular formula is C16H13BrN4O. The van der Waals surface area contributed by atoms with Gasteiger partial charge in [-0.25, -0.2) is 0 Å². The predicted molar refractivity (Wildman–Crippen MR) is 89.5 cm³/mol. The smallest absolute Gasteiger partial charge is 0.175 e. The van der Waals surface area contributed by atoms with Crippen LogP contribution in [-0.2, 0) is 0 Å². The summed E-state index contributed by atoms with van der Waals surface area (Å²) in [6.45, 7) is 0. The normalized spacial score (nSPS) is 19.3. The third-order valence-corrected chi connectivity index (χ3v) is 3.73. The molecular weight excluding hydrogens is 344 g/mol. The molecule has 22 heavy (non-hydrogen) atoms. The Morgan fingerprint density at radius 1 is 1.18 bits per heavy atom. The topological polar surface area (TPSA) is 69.7 Å². The van der Waals surface area contributed by atoms with E-state index < -0.39 is 0 Å². The van der Waals surface area contributed by atoms with Crippen LogP contribution in [0.15, 0.2) is 73.4 Å². The lowest BCUT2D eigenvalue weighted by atomic mass is 10.1. The van der Waals surface area contributed by atoms with Gasteiger partial charge in [0.1, 0.15) is 11.8 Å². The van der Waals surface area contributed by atoms with Crippen LogP contribution in [-0.4, -0.2) is 17.2 Å². The number of hydrogen-bond acceptors (Lipinski definition) is 4. The molecule has 1 heterocycles. The standard InChI is InChI=1S/C16H13BrN4O/c17-13-6-7-15(22)12(8-13)10-18-20-16-9-14(19-21-16)11-4-2-1-3-5-11/h1-8,10,14,22H,9H2/b18-10+,20-16?. The Morgan fingerprint density at radius 3 is 2.82 bits per heavy atom. The highest BCUT2D eigenvalue weighted by atomic mass is 79.9. The lowest BCUT2D eigenvalue weighted by molar-refractivity contribution is 0.474. The summed E-state index contributed by atoms with van der Waals surface area (Å²) in [6.07, 6.45) is 2.13. The van der Waals surface area contributed by atoms with Crippen molar-refractivity contribution >= 4 is 28.0 Å². The summed E-state index contributed by atoms with van der Waals surface area (Å²) in [5.41, 5.74) is 1.71. The van der Waals surface area contributed by atoms with Crippen molar-refractivity contribution in [2.24, 2.45) is 20.4 Å². The van der Waals surface area contributed by atoms with Crippen molar-refractivity contribution in [1.29, 1.82) is 0 Å². The van der Waals surface area contributed by atoms with Crippen molar-refractivity contribution in [2.75, 3.05) is 0 Å². The van der Waals surface area contributed by atoms with Gasteiger partial charge in [0.05, 0.1) is 6.21 Å². The van der Waals surface area contributed by atoms with E-state index in [4.69, 9.17) is 0 Å². The van der Waals surface area contributed by atoms with Crippen LogP contribution in [0, 0.1) is 0 Å². The number of aromatic hydroxyl groups is 1. The summed E-state index contributed by atoms with van der Waals surface area (Å²) in [6, 6.07) is 15.1. The van der Waals surface area contributed by atoms with Gasteiger partial charge in [0.2, 0.25) is 0 Å². The average molecular weight is 357 g/mol. The fraction of sp³-hybridized carbons (Fsp3) is 0.125.